The van der Waals surface area contributed by atoms with Gasteiger partial charge in [0.25, 0.3) is 0 Å². The number of aliphatic hydroxyl groups is 2. The quantitative estimate of drug-likeness (QED) is 0.704. The van der Waals surface area contributed by atoms with Gasteiger partial charge < -0.3 is 25.0 Å². The molecule has 1 aliphatic heterocycles. The van der Waals surface area contributed by atoms with E-state index in [0.29, 0.717) is 19.4 Å². The summed E-state index contributed by atoms with van der Waals surface area (Å²) in [5, 5.41) is 24.4. The molecule has 0 aromatic carbocycles. The molecule has 5 atom stereocenters. The minimum Gasteiger partial charge on any atom is -0.391 e. The highest BCUT2D eigenvalue weighted by Gasteiger charge is 2.57. The number of nitrogens with one attached hydrogen (secondary N) is 1. The summed E-state index contributed by atoms with van der Waals surface area (Å²) < 4.78 is 10.8. The Labute approximate surface area is 137 Å². The van der Waals surface area contributed by atoms with Gasteiger partial charge in [-0.25, -0.2) is 0 Å². The molecule has 3 rings (SSSR count). The van der Waals surface area contributed by atoms with Crippen LogP contribution in [0.5, 0.6) is 0 Å². The van der Waals surface area contributed by atoms with Gasteiger partial charge in [-0.05, 0) is 31.6 Å². The lowest BCUT2D eigenvalue weighted by Gasteiger charge is -2.42. The smallest absolute Gasteiger partial charge is 0.223 e. The molecule has 0 spiro atoms. The predicted molar refractivity (Wildman–Crippen MR) is 83.8 cm³/mol. The van der Waals surface area contributed by atoms with Crippen LogP contribution >= 0.6 is 0 Å². The van der Waals surface area contributed by atoms with E-state index in [4.69, 9.17) is 9.47 Å². The molecular formula is C17H29NO5. The molecule has 3 N–H and O–H groups in total. The highest BCUT2D eigenvalue weighted by Crippen LogP contribution is 2.43. The average Bonchev–Trinajstić information content (AvgIpc) is 2.80. The molecule has 132 valence electrons. The second-order valence-corrected chi connectivity index (χ2v) is 7.44. The first-order valence-corrected chi connectivity index (χ1v) is 8.86. The van der Waals surface area contributed by atoms with E-state index in [-0.39, 0.29) is 30.5 Å². The van der Waals surface area contributed by atoms with Crippen molar-refractivity contribution in [2.75, 3.05) is 20.3 Å². The first-order valence-electron chi connectivity index (χ1n) is 8.86. The highest BCUT2D eigenvalue weighted by atomic mass is 16.5. The van der Waals surface area contributed by atoms with Crippen molar-refractivity contribution < 1.29 is 24.5 Å². The average molecular weight is 327 g/mol. The summed E-state index contributed by atoms with van der Waals surface area (Å²) in [5.74, 6) is -0.0748. The van der Waals surface area contributed by atoms with E-state index in [1.165, 1.54) is 6.42 Å². The largest absolute Gasteiger partial charge is 0.391 e. The minimum atomic E-state index is -1.17. The van der Waals surface area contributed by atoms with Gasteiger partial charge in [0.2, 0.25) is 5.91 Å². The van der Waals surface area contributed by atoms with Crippen LogP contribution in [0.1, 0.15) is 44.9 Å². The second kappa shape index (κ2) is 7.05. The van der Waals surface area contributed by atoms with E-state index in [1.807, 2.05) is 0 Å². The Morgan fingerprint density at radius 1 is 1.30 bits per heavy atom. The van der Waals surface area contributed by atoms with Gasteiger partial charge in [-0.3, -0.25) is 4.79 Å². The van der Waals surface area contributed by atoms with Gasteiger partial charge in [-0.15, -0.1) is 0 Å². The third-order valence-electron chi connectivity index (χ3n) is 5.88. The standard InChI is InChI=1S/C17H29NO5/c1-22-9-13-7-12-8-14(19)15(17(12,21)10-23-13)18-16(20)11-5-3-2-4-6-11/h11-15,19,21H,2-10H2,1H3,(H,18,20)/t12-,13+,14+,15-,17-/m0/s1. The van der Waals surface area contributed by atoms with Crippen LogP contribution in [0.15, 0.2) is 0 Å². The molecular weight excluding hydrogens is 298 g/mol. The van der Waals surface area contributed by atoms with E-state index in [1.54, 1.807) is 7.11 Å². The number of ether oxygens (including phenoxy) is 2. The lowest BCUT2D eigenvalue weighted by molar-refractivity contribution is -0.167. The normalized spacial score (nSPS) is 41.5. The molecule has 1 heterocycles. The number of amides is 1. The summed E-state index contributed by atoms with van der Waals surface area (Å²) in [4.78, 5) is 12.5. The Morgan fingerprint density at radius 3 is 2.74 bits per heavy atom. The Balaban J connectivity index is 1.64. The van der Waals surface area contributed by atoms with Crippen molar-refractivity contribution in [1.29, 1.82) is 0 Å². The number of methoxy groups -OCH3 is 1. The van der Waals surface area contributed by atoms with E-state index in [2.05, 4.69) is 5.32 Å². The highest BCUT2D eigenvalue weighted by molar-refractivity contribution is 5.79. The first-order chi connectivity index (χ1) is 11.0. The Morgan fingerprint density at radius 2 is 2.04 bits per heavy atom. The summed E-state index contributed by atoms with van der Waals surface area (Å²) in [7, 11) is 1.63. The van der Waals surface area contributed by atoms with Crippen LogP contribution in [0.25, 0.3) is 0 Å². The van der Waals surface area contributed by atoms with Crippen molar-refractivity contribution in [3.05, 3.63) is 0 Å². The van der Waals surface area contributed by atoms with Crippen LogP contribution in [0, 0.1) is 11.8 Å². The third-order valence-corrected chi connectivity index (χ3v) is 5.88. The first kappa shape index (κ1) is 17.1. The van der Waals surface area contributed by atoms with Gasteiger partial charge in [0.05, 0.1) is 31.5 Å². The van der Waals surface area contributed by atoms with Crippen molar-refractivity contribution in [2.45, 2.75) is 68.8 Å². The van der Waals surface area contributed by atoms with E-state index in [0.717, 1.165) is 25.7 Å². The number of carbonyl (C=O) groups excluding carboxylic acids is 1. The maximum atomic E-state index is 12.5. The zero-order chi connectivity index (χ0) is 16.4. The molecule has 1 saturated heterocycles. The Kier molecular flexibility index (Phi) is 5.26. The van der Waals surface area contributed by atoms with E-state index < -0.39 is 17.7 Å². The zero-order valence-electron chi connectivity index (χ0n) is 13.9. The van der Waals surface area contributed by atoms with Crippen LogP contribution < -0.4 is 5.32 Å². The molecule has 0 radical (unpaired) electrons. The zero-order valence-corrected chi connectivity index (χ0v) is 13.9. The van der Waals surface area contributed by atoms with Crippen LogP contribution in [0.3, 0.4) is 0 Å². The predicted octanol–water partition coefficient (Wildman–Crippen LogP) is 0.599. The number of hydrogen-bond acceptors (Lipinski definition) is 5. The van der Waals surface area contributed by atoms with Crippen LogP contribution in [0.4, 0.5) is 0 Å². The van der Waals surface area contributed by atoms with Crippen molar-refractivity contribution in [1.82, 2.24) is 5.32 Å². The summed E-state index contributed by atoms with van der Waals surface area (Å²) in [6, 6.07) is -0.634. The van der Waals surface area contributed by atoms with Gasteiger partial charge in [0.1, 0.15) is 5.60 Å². The molecule has 3 aliphatic rings. The Bertz CT molecular complexity index is 425. The molecule has 1 amide bonds. The van der Waals surface area contributed by atoms with Gasteiger partial charge >= 0.3 is 0 Å². The molecule has 6 nitrogen and oxygen atoms in total. The molecule has 3 fully saturated rings. The number of carbonyl (C=O) groups is 1. The fourth-order valence-corrected chi connectivity index (χ4v) is 4.52. The second-order valence-electron chi connectivity index (χ2n) is 7.44. The number of hydrogen-bond donors (Lipinski definition) is 3. The lowest BCUT2D eigenvalue weighted by atomic mass is 9.82. The summed E-state index contributed by atoms with van der Waals surface area (Å²) in [6.45, 7) is 0.625. The Hall–Kier alpha value is -0.690. The molecule has 2 saturated carbocycles. The topological polar surface area (TPSA) is 88.0 Å². The number of fused-ring (bicyclic) bond motifs is 1. The molecule has 2 aliphatic carbocycles. The van der Waals surface area contributed by atoms with Crippen molar-refractivity contribution in [2.24, 2.45) is 11.8 Å². The molecule has 0 aromatic rings. The molecule has 0 bridgehead atoms. The van der Waals surface area contributed by atoms with E-state index in [9.17, 15) is 15.0 Å². The minimum absolute atomic E-state index is 0.0179. The van der Waals surface area contributed by atoms with Gasteiger partial charge in [0.15, 0.2) is 0 Å². The molecule has 0 aromatic heterocycles. The fourth-order valence-electron chi connectivity index (χ4n) is 4.52. The lowest BCUT2D eigenvalue weighted by Crippen LogP contribution is -2.61. The van der Waals surface area contributed by atoms with Crippen LogP contribution in [-0.2, 0) is 14.3 Å². The maximum absolute atomic E-state index is 12.5. The fraction of sp³-hybridized carbons (Fsp3) is 0.941. The van der Waals surface area contributed by atoms with Gasteiger partial charge in [0, 0.05) is 13.0 Å². The molecule has 6 heteroatoms. The number of aliphatic hydroxyl groups excluding tert-OH is 1. The van der Waals surface area contributed by atoms with E-state index >= 15 is 0 Å². The molecule has 0 unspecified atom stereocenters. The summed E-state index contributed by atoms with van der Waals surface area (Å²) >= 11 is 0. The van der Waals surface area contributed by atoms with Crippen molar-refractivity contribution in [3.8, 4) is 0 Å². The third kappa shape index (κ3) is 3.40. The summed E-state index contributed by atoms with van der Waals surface area (Å²) in [6.07, 6.45) is 5.54. The summed E-state index contributed by atoms with van der Waals surface area (Å²) in [5.41, 5.74) is -1.17. The van der Waals surface area contributed by atoms with Crippen molar-refractivity contribution >= 4 is 5.91 Å². The van der Waals surface area contributed by atoms with Crippen LogP contribution in [0.2, 0.25) is 0 Å². The maximum Gasteiger partial charge on any atom is 0.223 e. The van der Waals surface area contributed by atoms with Gasteiger partial charge in [-0.2, -0.15) is 0 Å². The monoisotopic (exact) mass is 327 g/mol. The number of rotatable bonds is 4. The molecule has 23 heavy (non-hydrogen) atoms. The van der Waals surface area contributed by atoms with Gasteiger partial charge in [-0.1, -0.05) is 19.3 Å². The SMILES string of the molecule is COC[C@H]1C[C@H]2C[C@@H](O)[C@H](NC(=O)C3CCCCC3)[C@]2(O)CO1. The van der Waals surface area contributed by atoms with Crippen LogP contribution in [-0.4, -0.2) is 60.3 Å². The van der Waals surface area contributed by atoms with Crippen molar-refractivity contribution in [3.63, 3.8) is 0 Å².